The molecule has 0 saturated carbocycles. The van der Waals surface area contributed by atoms with Crippen LogP contribution in [0.4, 0.5) is 5.69 Å². The zero-order chi connectivity index (χ0) is 16.6. The maximum Gasteiger partial charge on any atom is 0.254 e. The zero-order valence-electron chi connectivity index (χ0n) is 13.6. The number of hydrogen-bond donors (Lipinski definition) is 2. The number of anilines is 1. The van der Waals surface area contributed by atoms with Crippen molar-refractivity contribution in [2.75, 3.05) is 12.4 Å². The second-order valence-electron chi connectivity index (χ2n) is 5.98. The lowest BCUT2D eigenvalue weighted by Crippen LogP contribution is -2.50. The van der Waals surface area contributed by atoms with Crippen LogP contribution < -0.4 is 11.1 Å². The highest BCUT2D eigenvalue weighted by atomic mass is 16.5. The number of ether oxygens (including phenoxy) is 1. The summed E-state index contributed by atoms with van der Waals surface area (Å²) in [4.78, 5) is 4.54. The molecule has 4 rings (SSSR count). The minimum Gasteiger partial charge on any atom is -0.340 e. The molecule has 0 saturated heterocycles. The highest BCUT2D eigenvalue weighted by Gasteiger charge is 2.38. The van der Waals surface area contributed by atoms with E-state index in [-0.39, 0.29) is 0 Å². The van der Waals surface area contributed by atoms with E-state index in [1.54, 1.807) is 7.11 Å². The Balaban J connectivity index is 1.74. The van der Waals surface area contributed by atoms with Gasteiger partial charge in [0, 0.05) is 19.0 Å². The quantitative estimate of drug-likeness (QED) is 0.726. The van der Waals surface area contributed by atoms with Crippen LogP contribution in [0.2, 0.25) is 0 Å². The molecular formula is C19H20N4O. The second kappa shape index (κ2) is 5.78. The first-order valence-electron chi connectivity index (χ1n) is 8.04. The van der Waals surface area contributed by atoms with Crippen molar-refractivity contribution in [3.05, 3.63) is 77.9 Å². The van der Waals surface area contributed by atoms with Gasteiger partial charge in [0.15, 0.2) is 5.82 Å². The van der Waals surface area contributed by atoms with E-state index in [0.29, 0.717) is 5.82 Å². The minimum atomic E-state index is -1.13. The molecule has 5 heteroatoms. The van der Waals surface area contributed by atoms with Gasteiger partial charge in [-0.1, -0.05) is 42.5 Å². The van der Waals surface area contributed by atoms with Crippen LogP contribution in [0.15, 0.2) is 60.8 Å². The van der Waals surface area contributed by atoms with Crippen molar-refractivity contribution in [1.29, 1.82) is 0 Å². The molecule has 3 aromatic rings. The maximum absolute atomic E-state index is 6.39. The van der Waals surface area contributed by atoms with Crippen molar-refractivity contribution in [3.63, 3.8) is 0 Å². The summed E-state index contributed by atoms with van der Waals surface area (Å²) in [6, 6.07) is 18.5. The smallest absolute Gasteiger partial charge is 0.254 e. The van der Waals surface area contributed by atoms with Crippen molar-refractivity contribution >= 4 is 5.69 Å². The highest BCUT2D eigenvalue weighted by molar-refractivity contribution is 5.65. The topological polar surface area (TPSA) is 65.1 Å². The van der Waals surface area contributed by atoms with Gasteiger partial charge in [0.25, 0.3) is 5.85 Å². The van der Waals surface area contributed by atoms with Crippen molar-refractivity contribution in [2.24, 2.45) is 5.73 Å². The van der Waals surface area contributed by atoms with E-state index in [1.807, 2.05) is 30.5 Å². The molecule has 5 nitrogen and oxygen atoms in total. The molecule has 0 amide bonds. The SMILES string of the molecule is COC1(N)Nc2ccccc2-n2c(CCc3ccccc3)cnc21. The Morgan fingerprint density at radius 3 is 2.62 bits per heavy atom. The summed E-state index contributed by atoms with van der Waals surface area (Å²) in [5.74, 6) is -0.453. The van der Waals surface area contributed by atoms with Gasteiger partial charge in [0.2, 0.25) is 0 Å². The molecule has 24 heavy (non-hydrogen) atoms. The average molecular weight is 320 g/mol. The number of methoxy groups -OCH3 is 1. The van der Waals surface area contributed by atoms with E-state index in [0.717, 1.165) is 29.9 Å². The lowest BCUT2D eigenvalue weighted by atomic mass is 10.1. The third-order valence-electron chi connectivity index (χ3n) is 4.47. The third kappa shape index (κ3) is 2.38. The predicted molar refractivity (Wildman–Crippen MR) is 93.9 cm³/mol. The molecule has 0 aliphatic carbocycles. The molecule has 3 N–H and O–H groups in total. The Hall–Kier alpha value is -2.63. The Morgan fingerprint density at radius 1 is 1.08 bits per heavy atom. The van der Waals surface area contributed by atoms with Crippen molar-refractivity contribution < 1.29 is 4.74 Å². The van der Waals surface area contributed by atoms with Crippen LogP contribution in [0.25, 0.3) is 5.69 Å². The van der Waals surface area contributed by atoms with Gasteiger partial charge in [0.1, 0.15) is 0 Å². The van der Waals surface area contributed by atoms with Gasteiger partial charge < -0.3 is 10.1 Å². The van der Waals surface area contributed by atoms with E-state index in [2.05, 4.69) is 45.2 Å². The van der Waals surface area contributed by atoms with E-state index < -0.39 is 5.85 Å². The molecular weight excluding hydrogens is 300 g/mol. The van der Waals surface area contributed by atoms with Gasteiger partial charge >= 0.3 is 0 Å². The first-order chi connectivity index (χ1) is 11.7. The monoisotopic (exact) mass is 320 g/mol. The number of benzene rings is 2. The van der Waals surface area contributed by atoms with Crippen LogP contribution in [-0.4, -0.2) is 16.7 Å². The largest absolute Gasteiger partial charge is 0.340 e. The van der Waals surface area contributed by atoms with Gasteiger partial charge in [-0.2, -0.15) is 0 Å². The molecule has 0 radical (unpaired) electrons. The number of nitrogens with two attached hydrogens (primary N) is 1. The van der Waals surface area contributed by atoms with Crippen LogP contribution in [-0.2, 0) is 23.4 Å². The van der Waals surface area contributed by atoms with E-state index >= 15 is 0 Å². The van der Waals surface area contributed by atoms with Gasteiger partial charge in [-0.3, -0.25) is 10.3 Å². The maximum atomic E-state index is 6.39. The van der Waals surface area contributed by atoms with Gasteiger partial charge in [-0.25, -0.2) is 4.98 Å². The molecule has 2 aromatic carbocycles. The van der Waals surface area contributed by atoms with Gasteiger partial charge in [0.05, 0.1) is 11.4 Å². The Bertz CT molecular complexity index is 859. The summed E-state index contributed by atoms with van der Waals surface area (Å²) in [6.07, 6.45) is 3.72. The summed E-state index contributed by atoms with van der Waals surface area (Å²) in [5.41, 5.74) is 10.8. The lowest BCUT2D eigenvalue weighted by Gasteiger charge is -2.35. The fourth-order valence-electron chi connectivity index (χ4n) is 3.18. The Morgan fingerprint density at radius 2 is 1.83 bits per heavy atom. The van der Waals surface area contributed by atoms with Crippen LogP contribution in [0.3, 0.4) is 0 Å². The number of para-hydroxylation sites is 2. The van der Waals surface area contributed by atoms with Crippen LogP contribution in [0.1, 0.15) is 17.1 Å². The lowest BCUT2D eigenvalue weighted by molar-refractivity contribution is 0.00550. The normalized spacial score (nSPS) is 18.6. The molecule has 1 aliphatic heterocycles. The Kier molecular flexibility index (Phi) is 3.59. The van der Waals surface area contributed by atoms with E-state index in [9.17, 15) is 0 Å². The highest BCUT2D eigenvalue weighted by Crippen LogP contribution is 2.35. The summed E-state index contributed by atoms with van der Waals surface area (Å²) >= 11 is 0. The molecule has 2 heterocycles. The van der Waals surface area contributed by atoms with Crippen molar-refractivity contribution in [3.8, 4) is 5.69 Å². The number of rotatable bonds is 4. The van der Waals surface area contributed by atoms with Gasteiger partial charge in [-0.05, 0) is 30.5 Å². The zero-order valence-corrected chi connectivity index (χ0v) is 13.6. The molecule has 1 aliphatic rings. The summed E-state index contributed by atoms with van der Waals surface area (Å²) < 4.78 is 7.63. The summed E-state index contributed by atoms with van der Waals surface area (Å²) in [6.45, 7) is 0. The minimum absolute atomic E-state index is 0.673. The number of fused-ring (bicyclic) bond motifs is 3. The standard InChI is InChI=1S/C19H20N4O/c1-24-19(20)18-21-13-15(12-11-14-7-3-2-4-8-14)23(18)17-10-6-5-9-16(17)22-19/h2-10,13,22H,11-12,20H2,1H3. The first-order valence-corrected chi connectivity index (χ1v) is 8.04. The van der Waals surface area contributed by atoms with Gasteiger partial charge in [-0.15, -0.1) is 0 Å². The summed E-state index contributed by atoms with van der Waals surface area (Å²) in [5, 5.41) is 3.24. The fraction of sp³-hybridized carbons (Fsp3) is 0.211. The van der Waals surface area contributed by atoms with E-state index in [4.69, 9.17) is 10.5 Å². The molecule has 122 valence electrons. The van der Waals surface area contributed by atoms with Crippen molar-refractivity contribution in [1.82, 2.24) is 9.55 Å². The molecule has 0 bridgehead atoms. The molecule has 1 atom stereocenters. The molecule has 0 spiro atoms. The van der Waals surface area contributed by atoms with Crippen LogP contribution in [0.5, 0.6) is 0 Å². The number of nitrogens with zero attached hydrogens (tertiary/aromatic N) is 2. The van der Waals surface area contributed by atoms with Crippen molar-refractivity contribution in [2.45, 2.75) is 18.7 Å². The van der Waals surface area contributed by atoms with E-state index in [1.165, 1.54) is 5.56 Å². The van der Waals surface area contributed by atoms with Crippen LogP contribution in [0, 0.1) is 0 Å². The number of aryl methyl sites for hydroxylation is 2. The average Bonchev–Trinajstić information content (AvgIpc) is 3.06. The second-order valence-corrected chi connectivity index (χ2v) is 5.98. The first kappa shape index (κ1) is 14.9. The molecule has 1 aromatic heterocycles. The fourth-order valence-corrected chi connectivity index (χ4v) is 3.18. The number of aromatic nitrogens is 2. The Labute approximate surface area is 141 Å². The molecule has 0 fully saturated rings. The third-order valence-corrected chi connectivity index (χ3v) is 4.47. The summed E-state index contributed by atoms with van der Waals surface area (Å²) in [7, 11) is 1.59. The van der Waals surface area contributed by atoms with Crippen LogP contribution >= 0.6 is 0 Å². The number of hydrogen-bond acceptors (Lipinski definition) is 4. The number of imidazole rings is 1. The predicted octanol–water partition coefficient (Wildman–Crippen LogP) is 2.80. The molecule has 1 unspecified atom stereocenters. The number of nitrogens with one attached hydrogen (secondary N) is 1.